The lowest BCUT2D eigenvalue weighted by Crippen LogP contribution is -2.20. The Balaban J connectivity index is 1.53. The molecule has 1 aromatic heterocycles. The molecular formula is C20H23N3. The zero-order chi connectivity index (χ0) is 15.8. The molecule has 4 rings (SSSR count). The fraction of sp³-hybridized carbons (Fsp3) is 0.350. The van der Waals surface area contributed by atoms with Gasteiger partial charge in [-0.2, -0.15) is 0 Å². The van der Waals surface area contributed by atoms with E-state index in [1.165, 1.54) is 28.9 Å². The molecule has 1 aliphatic rings. The van der Waals surface area contributed by atoms with Crippen molar-refractivity contribution in [1.82, 2.24) is 14.5 Å². The highest BCUT2D eigenvalue weighted by molar-refractivity contribution is 5.75. The maximum atomic E-state index is 4.89. The summed E-state index contributed by atoms with van der Waals surface area (Å²) >= 11 is 0. The van der Waals surface area contributed by atoms with Crippen LogP contribution in [0.2, 0.25) is 0 Å². The van der Waals surface area contributed by atoms with Crippen LogP contribution in [0.1, 0.15) is 29.3 Å². The first kappa shape index (κ1) is 14.5. The van der Waals surface area contributed by atoms with Crippen LogP contribution >= 0.6 is 0 Å². The number of imidazole rings is 1. The minimum atomic E-state index is 0.538. The van der Waals surface area contributed by atoms with Gasteiger partial charge in [-0.05, 0) is 43.1 Å². The minimum Gasteiger partial charge on any atom is -0.331 e. The summed E-state index contributed by atoms with van der Waals surface area (Å²) in [7, 11) is 2.15. The molecule has 0 amide bonds. The van der Waals surface area contributed by atoms with Gasteiger partial charge in [0, 0.05) is 26.1 Å². The minimum absolute atomic E-state index is 0.538. The van der Waals surface area contributed by atoms with Gasteiger partial charge in [-0.1, -0.05) is 36.4 Å². The van der Waals surface area contributed by atoms with Crippen LogP contribution in [0.4, 0.5) is 0 Å². The summed E-state index contributed by atoms with van der Waals surface area (Å²) in [5.74, 6) is 1.77. The lowest BCUT2D eigenvalue weighted by Gasteiger charge is -2.17. The van der Waals surface area contributed by atoms with Crippen molar-refractivity contribution >= 4 is 11.0 Å². The number of likely N-dealkylation sites (tertiary alicyclic amines) is 1. The van der Waals surface area contributed by atoms with Crippen molar-refractivity contribution < 1.29 is 0 Å². The van der Waals surface area contributed by atoms with Crippen LogP contribution in [0, 0.1) is 6.92 Å². The second-order valence-electron chi connectivity index (χ2n) is 6.66. The first-order chi connectivity index (χ1) is 11.2. The van der Waals surface area contributed by atoms with Crippen LogP contribution in [0.25, 0.3) is 11.0 Å². The molecule has 0 N–H and O–H groups in total. The monoisotopic (exact) mass is 305 g/mol. The first-order valence-corrected chi connectivity index (χ1v) is 8.40. The Hall–Kier alpha value is -2.13. The number of nitrogens with zero attached hydrogens (tertiary/aromatic N) is 3. The maximum Gasteiger partial charge on any atom is 0.114 e. The molecule has 0 saturated carbocycles. The van der Waals surface area contributed by atoms with E-state index in [1.807, 2.05) is 0 Å². The van der Waals surface area contributed by atoms with Crippen molar-refractivity contribution in [2.45, 2.75) is 25.8 Å². The number of hydrogen-bond acceptors (Lipinski definition) is 2. The summed E-state index contributed by atoms with van der Waals surface area (Å²) in [6, 6.07) is 17.1. The highest BCUT2D eigenvalue weighted by Crippen LogP contribution is 2.29. The molecule has 1 atom stereocenters. The molecule has 1 fully saturated rings. The average molecular weight is 305 g/mol. The van der Waals surface area contributed by atoms with Crippen molar-refractivity contribution in [2.75, 3.05) is 13.1 Å². The fourth-order valence-corrected chi connectivity index (χ4v) is 3.74. The second kappa shape index (κ2) is 5.82. The largest absolute Gasteiger partial charge is 0.331 e. The molecular weight excluding hydrogens is 282 g/mol. The molecule has 2 aromatic carbocycles. The molecule has 1 aliphatic heterocycles. The molecule has 0 aliphatic carbocycles. The van der Waals surface area contributed by atoms with Crippen molar-refractivity contribution in [3.8, 4) is 0 Å². The van der Waals surface area contributed by atoms with E-state index in [9.17, 15) is 0 Å². The average Bonchev–Trinajstić information content (AvgIpc) is 3.15. The van der Waals surface area contributed by atoms with Crippen molar-refractivity contribution in [3.05, 3.63) is 65.5 Å². The van der Waals surface area contributed by atoms with Crippen molar-refractivity contribution in [3.63, 3.8) is 0 Å². The van der Waals surface area contributed by atoms with Crippen molar-refractivity contribution in [2.24, 2.45) is 7.05 Å². The van der Waals surface area contributed by atoms with Gasteiger partial charge in [-0.3, -0.25) is 4.90 Å². The van der Waals surface area contributed by atoms with Gasteiger partial charge in [0.05, 0.1) is 11.0 Å². The number of para-hydroxylation sites is 2. The zero-order valence-electron chi connectivity index (χ0n) is 13.9. The smallest absolute Gasteiger partial charge is 0.114 e. The number of rotatable bonds is 3. The van der Waals surface area contributed by atoms with Gasteiger partial charge in [0.2, 0.25) is 0 Å². The first-order valence-electron chi connectivity index (χ1n) is 8.40. The van der Waals surface area contributed by atoms with E-state index in [-0.39, 0.29) is 0 Å². The maximum absolute atomic E-state index is 4.89. The van der Waals surface area contributed by atoms with Crippen LogP contribution in [-0.2, 0) is 13.6 Å². The van der Waals surface area contributed by atoms with Crippen LogP contribution in [0.15, 0.2) is 48.5 Å². The summed E-state index contributed by atoms with van der Waals surface area (Å²) in [4.78, 5) is 7.45. The predicted octanol–water partition coefficient (Wildman–Crippen LogP) is 3.87. The molecule has 3 nitrogen and oxygen atoms in total. The molecule has 3 heteroatoms. The van der Waals surface area contributed by atoms with Crippen molar-refractivity contribution in [1.29, 1.82) is 0 Å². The lowest BCUT2D eigenvalue weighted by atomic mass is 10.1. The lowest BCUT2D eigenvalue weighted by molar-refractivity contribution is 0.324. The van der Waals surface area contributed by atoms with E-state index >= 15 is 0 Å². The number of benzene rings is 2. The number of aromatic nitrogens is 2. The number of fused-ring (bicyclic) bond motifs is 1. The fourth-order valence-electron chi connectivity index (χ4n) is 3.74. The standard InChI is InChI=1S/C20H23N3/c1-15-7-3-4-8-16(15)13-23-12-11-17(14-23)20-21-18-9-5-6-10-19(18)22(20)2/h3-10,17H,11-14H2,1-2H3. The van der Waals surface area contributed by atoms with Crippen LogP contribution in [0.5, 0.6) is 0 Å². The molecule has 23 heavy (non-hydrogen) atoms. The molecule has 0 radical (unpaired) electrons. The number of aryl methyl sites for hydroxylation is 2. The van der Waals surface area contributed by atoms with E-state index in [0.717, 1.165) is 25.2 Å². The summed E-state index contributed by atoms with van der Waals surface area (Å²) in [5, 5.41) is 0. The Bertz CT molecular complexity index is 834. The van der Waals surface area contributed by atoms with Gasteiger partial charge in [0.25, 0.3) is 0 Å². The van der Waals surface area contributed by atoms with Gasteiger partial charge in [0.1, 0.15) is 5.82 Å². The summed E-state index contributed by atoms with van der Waals surface area (Å²) in [6.07, 6.45) is 1.20. The highest BCUT2D eigenvalue weighted by Gasteiger charge is 2.27. The van der Waals surface area contributed by atoms with E-state index in [0.29, 0.717) is 5.92 Å². The molecule has 0 spiro atoms. The third kappa shape index (κ3) is 2.66. The Morgan fingerprint density at radius 3 is 2.70 bits per heavy atom. The third-order valence-electron chi connectivity index (χ3n) is 5.11. The molecule has 2 heterocycles. The Labute approximate surface area is 137 Å². The summed E-state index contributed by atoms with van der Waals surface area (Å²) < 4.78 is 2.28. The topological polar surface area (TPSA) is 21.1 Å². The second-order valence-corrected chi connectivity index (χ2v) is 6.66. The van der Waals surface area contributed by atoms with E-state index in [1.54, 1.807) is 0 Å². The van der Waals surface area contributed by atoms with Gasteiger partial charge < -0.3 is 4.57 Å². The van der Waals surface area contributed by atoms with Crippen LogP contribution in [0.3, 0.4) is 0 Å². The quantitative estimate of drug-likeness (QED) is 0.732. The van der Waals surface area contributed by atoms with E-state index in [4.69, 9.17) is 4.98 Å². The van der Waals surface area contributed by atoms with Crippen LogP contribution < -0.4 is 0 Å². The Morgan fingerprint density at radius 2 is 1.87 bits per heavy atom. The highest BCUT2D eigenvalue weighted by atomic mass is 15.2. The molecule has 0 bridgehead atoms. The third-order valence-corrected chi connectivity index (χ3v) is 5.11. The molecule has 3 aromatic rings. The van der Waals surface area contributed by atoms with Gasteiger partial charge in [0.15, 0.2) is 0 Å². The summed E-state index contributed by atoms with van der Waals surface area (Å²) in [5.41, 5.74) is 5.18. The Kier molecular flexibility index (Phi) is 3.66. The van der Waals surface area contributed by atoms with Gasteiger partial charge in [-0.25, -0.2) is 4.98 Å². The molecule has 1 saturated heterocycles. The molecule has 118 valence electrons. The van der Waals surface area contributed by atoms with E-state index in [2.05, 4.69) is 72.0 Å². The van der Waals surface area contributed by atoms with E-state index < -0.39 is 0 Å². The normalized spacial score (nSPS) is 18.8. The van der Waals surface area contributed by atoms with Gasteiger partial charge >= 0.3 is 0 Å². The predicted molar refractivity (Wildman–Crippen MR) is 94.5 cm³/mol. The number of hydrogen-bond donors (Lipinski definition) is 0. The SMILES string of the molecule is Cc1ccccc1CN1CCC(c2nc3ccccc3n2C)C1. The van der Waals surface area contributed by atoms with Crippen LogP contribution in [-0.4, -0.2) is 27.5 Å². The molecule has 1 unspecified atom stereocenters. The summed E-state index contributed by atoms with van der Waals surface area (Å²) in [6.45, 7) is 5.51. The van der Waals surface area contributed by atoms with Gasteiger partial charge in [-0.15, -0.1) is 0 Å². The Morgan fingerprint density at radius 1 is 1.09 bits per heavy atom. The zero-order valence-corrected chi connectivity index (χ0v) is 13.9.